The summed E-state index contributed by atoms with van der Waals surface area (Å²) < 4.78 is 5.00. The molecule has 10 heavy (non-hydrogen) atoms. The van der Waals surface area contributed by atoms with Crippen LogP contribution in [0.2, 0.25) is 0 Å². The van der Waals surface area contributed by atoms with Gasteiger partial charge in [-0.25, -0.2) is 0 Å². The third-order valence-electron chi connectivity index (χ3n) is 1.74. The Balaban J connectivity index is 2.40. The second-order valence-electron chi connectivity index (χ2n) is 2.64. The standard InChI is InChI=1S/C7H12O3/c1-5(8)7(9)6-2-3-10-4-6/h5-6,8H,2-4H2,1H3. The maximum atomic E-state index is 11.0. The fourth-order valence-electron chi connectivity index (χ4n) is 1.10. The van der Waals surface area contributed by atoms with Gasteiger partial charge in [-0.1, -0.05) is 0 Å². The third kappa shape index (κ3) is 1.55. The third-order valence-corrected chi connectivity index (χ3v) is 1.74. The summed E-state index contributed by atoms with van der Waals surface area (Å²) in [7, 11) is 0. The van der Waals surface area contributed by atoms with Crippen molar-refractivity contribution in [3.8, 4) is 0 Å². The number of aliphatic hydroxyl groups excluding tert-OH is 1. The van der Waals surface area contributed by atoms with Crippen molar-refractivity contribution in [2.24, 2.45) is 5.92 Å². The molecule has 0 bridgehead atoms. The van der Waals surface area contributed by atoms with Crippen LogP contribution in [0.15, 0.2) is 0 Å². The van der Waals surface area contributed by atoms with Crippen LogP contribution in [0.4, 0.5) is 0 Å². The van der Waals surface area contributed by atoms with E-state index in [1.807, 2.05) is 0 Å². The summed E-state index contributed by atoms with van der Waals surface area (Å²) in [5, 5.41) is 8.88. The van der Waals surface area contributed by atoms with Gasteiger partial charge >= 0.3 is 0 Å². The highest BCUT2D eigenvalue weighted by molar-refractivity contribution is 5.85. The van der Waals surface area contributed by atoms with Gasteiger partial charge in [0, 0.05) is 12.5 Å². The Hall–Kier alpha value is -0.410. The highest BCUT2D eigenvalue weighted by Crippen LogP contribution is 2.14. The average molecular weight is 144 g/mol. The van der Waals surface area contributed by atoms with Crippen molar-refractivity contribution < 1.29 is 14.6 Å². The van der Waals surface area contributed by atoms with Crippen molar-refractivity contribution >= 4 is 5.78 Å². The number of ketones is 1. The van der Waals surface area contributed by atoms with Crippen LogP contribution in [0.1, 0.15) is 13.3 Å². The van der Waals surface area contributed by atoms with Crippen LogP contribution in [0, 0.1) is 5.92 Å². The molecule has 1 rings (SSSR count). The largest absolute Gasteiger partial charge is 0.386 e. The molecular formula is C7H12O3. The van der Waals surface area contributed by atoms with E-state index in [1.54, 1.807) is 0 Å². The fraction of sp³-hybridized carbons (Fsp3) is 0.857. The lowest BCUT2D eigenvalue weighted by molar-refractivity contribution is -0.130. The number of hydrogen-bond donors (Lipinski definition) is 1. The van der Waals surface area contributed by atoms with Crippen LogP contribution < -0.4 is 0 Å². The average Bonchev–Trinajstić information content (AvgIpc) is 2.36. The molecule has 0 amide bonds. The van der Waals surface area contributed by atoms with Crippen LogP contribution in [-0.4, -0.2) is 30.2 Å². The first-order chi connectivity index (χ1) is 4.72. The Labute approximate surface area is 60.0 Å². The lowest BCUT2D eigenvalue weighted by Gasteiger charge is -2.07. The van der Waals surface area contributed by atoms with E-state index in [0.29, 0.717) is 13.2 Å². The molecule has 2 atom stereocenters. The van der Waals surface area contributed by atoms with E-state index < -0.39 is 6.10 Å². The first-order valence-electron chi connectivity index (χ1n) is 3.51. The normalized spacial score (nSPS) is 28.4. The molecule has 1 N–H and O–H groups in total. The zero-order valence-electron chi connectivity index (χ0n) is 6.04. The first kappa shape index (κ1) is 7.69. The van der Waals surface area contributed by atoms with Crippen molar-refractivity contribution in [1.82, 2.24) is 0 Å². The van der Waals surface area contributed by atoms with Gasteiger partial charge in [-0.2, -0.15) is 0 Å². The molecule has 1 aliphatic heterocycles. The maximum Gasteiger partial charge on any atom is 0.166 e. The van der Waals surface area contributed by atoms with E-state index >= 15 is 0 Å². The van der Waals surface area contributed by atoms with E-state index in [1.165, 1.54) is 6.92 Å². The van der Waals surface area contributed by atoms with Gasteiger partial charge in [0.05, 0.1) is 6.61 Å². The minimum Gasteiger partial charge on any atom is -0.386 e. The van der Waals surface area contributed by atoms with Crippen molar-refractivity contribution in [3.05, 3.63) is 0 Å². The van der Waals surface area contributed by atoms with Crippen molar-refractivity contribution in [2.75, 3.05) is 13.2 Å². The minimum absolute atomic E-state index is 0.0556. The summed E-state index contributed by atoms with van der Waals surface area (Å²) in [6.45, 7) is 2.65. The summed E-state index contributed by atoms with van der Waals surface area (Å²) in [6.07, 6.45) is -0.0595. The Morgan fingerprint density at radius 2 is 2.50 bits per heavy atom. The van der Waals surface area contributed by atoms with E-state index in [9.17, 15) is 4.79 Å². The Morgan fingerprint density at radius 1 is 1.80 bits per heavy atom. The van der Waals surface area contributed by atoms with Gasteiger partial charge in [-0.05, 0) is 13.3 Å². The van der Waals surface area contributed by atoms with Crippen LogP contribution in [0.25, 0.3) is 0 Å². The monoisotopic (exact) mass is 144 g/mol. The second kappa shape index (κ2) is 3.12. The highest BCUT2D eigenvalue weighted by atomic mass is 16.5. The van der Waals surface area contributed by atoms with Gasteiger partial charge in [0.15, 0.2) is 5.78 Å². The summed E-state index contributed by atoms with van der Waals surface area (Å²) >= 11 is 0. The first-order valence-corrected chi connectivity index (χ1v) is 3.51. The van der Waals surface area contributed by atoms with Crippen LogP contribution in [0.5, 0.6) is 0 Å². The molecule has 2 unspecified atom stereocenters. The Bertz CT molecular complexity index is 125. The SMILES string of the molecule is CC(O)C(=O)C1CCOC1. The molecule has 1 heterocycles. The van der Waals surface area contributed by atoms with Crippen LogP contribution >= 0.6 is 0 Å². The van der Waals surface area contributed by atoms with Crippen molar-refractivity contribution in [2.45, 2.75) is 19.4 Å². The summed E-state index contributed by atoms with van der Waals surface area (Å²) in [5.74, 6) is -0.141. The second-order valence-corrected chi connectivity index (χ2v) is 2.64. The molecule has 0 aromatic rings. The van der Waals surface area contributed by atoms with Crippen LogP contribution in [0.3, 0.4) is 0 Å². The van der Waals surface area contributed by atoms with Crippen LogP contribution in [-0.2, 0) is 9.53 Å². The molecule has 1 aliphatic rings. The lowest BCUT2D eigenvalue weighted by atomic mass is 10.0. The molecule has 3 heteroatoms. The van der Waals surface area contributed by atoms with E-state index in [2.05, 4.69) is 0 Å². The number of carbonyl (C=O) groups excluding carboxylic acids is 1. The number of Topliss-reactive ketones (excluding diaryl/α,β-unsaturated/α-hetero) is 1. The summed E-state index contributed by atoms with van der Waals surface area (Å²) in [6, 6.07) is 0. The van der Waals surface area contributed by atoms with Gasteiger partial charge in [-0.3, -0.25) is 4.79 Å². The molecule has 58 valence electrons. The van der Waals surface area contributed by atoms with Gasteiger partial charge in [0.2, 0.25) is 0 Å². The molecule has 0 aliphatic carbocycles. The number of carbonyl (C=O) groups is 1. The molecule has 0 aromatic heterocycles. The number of rotatable bonds is 2. The minimum atomic E-state index is -0.827. The quantitative estimate of drug-likeness (QED) is 0.592. The zero-order valence-corrected chi connectivity index (χ0v) is 6.04. The van der Waals surface area contributed by atoms with E-state index in [4.69, 9.17) is 9.84 Å². The number of hydrogen-bond acceptors (Lipinski definition) is 3. The van der Waals surface area contributed by atoms with E-state index in [-0.39, 0.29) is 11.7 Å². The maximum absolute atomic E-state index is 11.0. The number of aliphatic hydroxyl groups is 1. The molecule has 0 aromatic carbocycles. The Kier molecular flexibility index (Phi) is 2.40. The molecule has 0 spiro atoms. The predicted octanol–water partition coefficient (Wildman–Crippen LogP) is -0.0272. The van der Waals surface area contributed by atoms with Gasteiger partial charge in [0.25, 0.3) is 0 Å². The molecule has 0 radical (unpaired) electrons. The molecule has 3 nitrogen and oxygen atoms in total. The summed E-state index contributed by atoms with van der Waals surface area (Å²) in [4.78, 5) is 11.0. The zero-order chi connectivity index (χ0) is 7.56. The smallest absolute Gasteiger partial charge is 0.166 e. The molecule has 1 fully saturated rings. The topological polar surface area (TPSA) is 46.5 Å². The molecule has 1 saturated heterocycles. The highest BCUT2D eigenvalue weighted by Gasteiger charge is 2.25. The molecular weight excluding hydrogens is 132 g/mol. The van der Waals surface area contributed by atoms with Gasteiger partial charge in [0.1, 0.15) is 6.10 Å². The summed E-state index contributed by atoms with van der Waals surface area (Å²) in [5.41, 5.74) is 0. The molecule has 0 saturated carbocycles. The fourth-order valence-corrected chi connectivity index (χ4v) is 1.10. The van der Waals surface area contributed by atoms with Crippen molar-refractivity contribution in [1.29, 1.82) is 0 Å². The van der Waals surface area contributed by atoms with Crippen molar-refractivity contribution in [3.63, 3.8) is 0 Å². The number of ether oxygens (including phenoxy) is 1. The predicted molar refractivity (Wildman–Crippen MR) is 35.6 cm³/mol. The van der Waals surface area contributed by atoms with E-state index in [0.717, 1.165) is 6.42 Å². The Morgan fingerprint density at radius 3 is 2.90 bits per heavy atom. The van der Waals surface area contributed by atoms with Gasteiger partial charge in [-0.15, -0.1) is 0 Å². The lowest BCUT2D eigenvalue weighted by Crippen LogP contribution is -2.25. The van der Waals surface area contributed by atoms with Gasteiger partial charge < -0.3 is 9.84 Å².